The van der Waals surface area contributed by atoms with Crippen molar-refractivity contribution in [2.45, 2.75) is 31.3 Å². The molecule has 1 fully saturated rings. The van der Waals surface area contributed by atoms with Gasteiger partial charge in [-0.25, -0.2) is 0 Å². The minimum absolute atomic E-state index is 0.0935. The van der Waals surface area contributed by atoms with E-state index >= 15 is 0 Å². The molecule has 1 unspecified atom stereocenters. The number of ether oxygens (including phenoxy) is 1. The lowest BCUT2D eigenvalue weighted by Crippen LogP contribution is -2.39. The maximum absolute atomic E-state index is 8.93. The van der Waals surface area contributed by atoms with Crippen LogP contribution in [0.25, 0.3) is 0 Å². The molecule has 4 heteroatoms. The highest BCUT2D eigenvalue weighted by atomic mass is 16.6. The smallest absolute Gasteiger partial charge is 0.181 e. The van der Waals surface area contributed by atoms with Crippen molar-refractivity contribution in [2.75, 3.05) is 6.61 Å². The molecule has 1 rings (SSSR count). The van der Waals surface area contributed by atoms with Crippen molar-refractivity contribution in [3.63, 3.8) is 0 Å². The Morgan fingerprint density at radius 2 is 2.00 bits per heavy atom. The van der Waals surface area contributed by atoms with Gasteiger partial charge in [0.05, 0.1) is 12.7 Å². The average Bonchev–Trinajstić information content (AvgIpc) is 1.95. The van der Waals surface area contributed by atoms with Crippen LogP contribution in [0.2, 0.25) is 0 Å². The van der Waals surface area contributed by atoms with Gasteiger partial charge in [-0.3, -0.25) is 0 Å². The molecule has 1 saturated heterocycles. The summed E-state index contributed by atoms with van der Waals surface area (Å²) in [5.74, 6) is 0. The molecule has 0 saturated carbocycles. The molecule has 4 nitrogen and oxygen atoms in total. The van der Waals surface area contributed by atoms with E-state index in [2.05, 4.69) is 0 Å². The fraction of sp³-hybridized carbons (Fsp3) is 1.00. The number of hydrogen-bond donors (Lipinski definition) is 3. The topological polar surface area (TPSA) is 69.9 Å². The van der Waals surface area contributed by atoms with Gasteiger partial charge in [0, 0.05) is 0 Å². The van der Waals surface area contributed by atoms with E-state index < -0.39 is 12.4 Å². The van der Waals surface area contributed by atoms with E-state index in [1.807, 2.05) is 0 Å². The Balaban J connectivity index is 2.33. The summed E-state index contributed by atoms with van der Waals surface area (Å²) in [6.45, 7) is -0.0935. The normalized spacial score (nSPS) is 41.7. The van der Waals surface area contributed by atoms with Crippen LogP contribution in [0.15, 0.2) is 0 Å². The number of aliphatic hydroxyl groups excluding tert-OH is 3. The average molecular weight is 148 g/mol. The third kappa shape index (κ3) is 1.67. The summed E-state index contributed by atoms with van der Waals surface area (Å²) in [6.07, 6.45) is -1.12. The minimum atomic E-state index is -1.12. The summed E-state index contributed by atoms with van der Waals surface area (Å²) < 4.78 is 4.80. The molecule has 1 heterocycles. The summed E-state index contributed by atoms with van der Waals surface area (Å²) in [5, 5.41) is 26.4. The number of rotatable bonds is 1. The zero-order valence-electron chi connectivity index (χ0n) is 5.60. The lowest BCUT2D eigenvalue weighted by Gasteiger charge is -2.29. The molecule has 1 aliphatic rings. The van der Waals surface area contributed by atoms with E-state index in [9.17, 15) is 0 Å². The van der Waals surface area contributed by atoms with Gasteiger partial charge in [0.1, 0.15) is 6.10 Å². The molecule has 0 radical (unpaired) electrons. The van der Waals surface area contributed by atoms with Crippen LogP contribution in [0.5, 0.6) is 0 Å². The maximum Gasteiger partial charge on any atom is 0.181 e. The molecule has 0 aromatic carbocycles. The van der Waals surface area contributed by atoms with E-state index in [1.165, 1.54) is 0 Å². The van der Waals surface area contributed by atoms with Gasteiger partial charge in [-0.2, -0.15) is 0 Å². The van der Waals surface area contributed by atoms with Gasteiger partial charge in [0.15, 0.2) is 6.29 Å². The van der Waals surface area contributed by atoms with Crippen LogP contribution in [-0.2, 0) is 4.74 Å². The van der Waals surface area contributed by atoms with Crippen LogP contribution in [0, 0.1) is 0 Å². The Morgan fingerprint density at radius 1 is 1.30 bits per heavy atom. The molecule has 10 heavy (non-hydrogen) atoms. The van der Waals surface area contributed by atoms with Gasteiger partial charge in [0.25, 0.3) is 0 Å². The maximum atomic E-state index is 8.93. The second-order valence-corrected chi connectivity index (χ2v) is 2.48. The van der Waals surface area contributed by atoms with Gasteiger partial charge in [-0.05, 0) is 12.8 Å². The Labute approximate surface area is 59.1 Å². The Morgan fingerprint density at radius 3 is 2.50 bits per heavy atom. The van der Waals surface area contributed by atoms with E-state index in [-0.39, 0.29) is 12.7 Å². The van der Waals surface area contributed by atoms with Crippen molar-refractivity contribution >= 4 is 0 Å². The predicted molar refractivity (Wildman–Crippen MR) is 33.2 cm³/mol. The second kappa shape index (κ2) is 3.30. The van der Waals surface area contributed by atoms with Crippen LogP contribution < -0.4 is 0 Å². The Bertz CT molecular complexity index is 106. The summed E-state index contributed by atoms with van der Waals surface area (Å²) in [4.78, 5) is 0. The van der Waals surface area contributed by atoms with Gasteiger partial charge < -0.3 is 20.1 Å². The molecule has 3 N–H and O–H groups in total. The van der Waals surface area contributed by atoms with Crippen LogP contribution in [-0.4, -0.2) is 40.4 Å². The summed E-state index contributed by atoms with van der Waals surface area (Å²) in [6, 6.07) is 0. The summed E-state index contributed by atoms with van der Waals surface area (Å²) in [5.41, 5.74) is 0. The van der Waals surface area contributed by atoms with Crippen LogP contribution in [0.3, 0.4) is 0 Å². The number of hydrogen-bond acceptors (Lipinski definition) is 4. The third-order valence-electron chi connectivity index (χ3n) is 1.65. The summed E-state index contributed by atoms with van der Waals surface area (Å²) >= 11 is 0. The van der Waals surface area contributed by atoms with Gasteiger partial charge in [-0.15, -0.1) is 0 Å². The SMILES string of the molecule is OC[C@@H]1CC[C@@H](O)C(O)O1. The molecular formula is C6H12O4. The van der Waals surface area contributed by atoms with Crippen LogP contribution >= 0.6 is 0 Å². The molecule has 0 aromatic heterocycles. The first-order valence-corrected chi connectivity index (χ1v) is 3.36. The zero-order chi connectivity index (χ0) is 7.56. The summed E-state index contributed by atoms with van der Waals surface area (Å²) in [7, 11) is 0. The fourth-order valence-electron chi connectivity index (χ4n) is 0.989. The monoisotopic (exact) mass is 148 g/mol. The molecule has 3 atom stereocenters. The Hall–Kier alpha value is -0.160. The van der Waals surface area contributed by atoms with Gasteiger partial charge in [-0.1, -0.05) is 0 Å². The predicted octanol–water partition coefficient (Wildman–Crippen LogP) is -1.16. The number of aliphatic hydroxyl groups is 3. The molecule has 0 aliphatic carbocycles. The van der Waals surface area contributed by atoms with E-state index in [4.69, 9.17) is 20.1 Å². The third-order valence-corrected chi connectivity index (χ3v) is 1.65. The van der Waals surface area contributed by atoms with Crippen molar-refractivity contribution < 1.29 is 20.1 Å². The largest absolute Gasteiger partial charge is 0.394 e. The molecule has 0 bridgehead atoms. The van der Waals surface area contributed by atoms with E-state index in [1.54, 1.807) is 0 Å². The Kier molecular flexibility index (Phi) is 2.62. The first-order valence-electron chi connectivity index (χ1n) is 3.36. The first-order chi connectivity index (χ1) is 4.74. The first kappa shape index (κ1) is 7.94. The quantitative estimate of drug-likeness (QED) is 0.438. The van der Waals surface area contributed by atoms with Crippen molar-refractivity contribution in [1.82, 2.24) is 0 Å². The van der Waals surface area contributed by atoms with Gasteiger partial charge in [0.2, 0.25) is 0 Å². The van der Waals surface area contributed by atoms with Crippen LogP contribution in [0.1, 0.15) is 12.8 Å². The molecule has 0 spiro atoms. The molecule has 0 amide bonds. The highest BCUT2D eigenvalue weighted by Gasteiger charge is 2.27. The molecule has 0 aromatic rings. The standard InChI is InChI=1S/C6H12O4/c7-3-4-1-2-5(8)6(9)10-4/h4-9H,1-3H2/t4-,5+,6?/m0/s1. The molecular weight excluding hydrogens is 136 g/mol. The van der Waals surface area contributed by atoms with Crippen molar-refractivity contribution in [1.29, 1.82) is 0 Å². The van der Waals surface area contributed by atoms with E-state index in [0.29, 0.717) is 12.8 Å². The van der Waals surface area contributed by atoms with Crippen molar-refractivity contribution in [2.24, 2.45) is 0 Å². The molecule has 60 valence electrons. The van der Waals surface area contributed by atoms with Crippen molar-refractivity contribution in [3.8, 4) is 0 Å². The molecule has 1 aliphatic heterocycles. The van der Waals surface area contributed by atoms with E-state index in [0.717, 1.165) is 0 Å². The van der Waals surface area contributed by atoms with Gasteiger partial charge >= 0.3 is 0 Å². The second-order valence-electron chi connectivity index (χ2n) is 2.48. The lowest BCUT2D eigenvalue weighted by atomic mass is 10.1. The fourth-order valence-corrected chi connectivity index (χ4v) is 0.989. The minimum Gasteiger partial charge on any atom is -0.394 e. The highest BCUT2D eigenvalue weighted by Crippen LogP contribution is 2.17. The van der Waals surface area contributed by atoms with Crippen molar-refractivity contribution in [3.05, 3.63) is 0 Å². The van der Waals surface area contributed by atoms with Crippen LogP contribution in [0.4, 0.5) is 0 Å². The zero-order valence-corrected chi connectivity index (χ0v) is 5.60. The highest BCUT2D eigenvalue weighted by molar-refractivity contribution is 4.70. The lowest BCUT2D eigenvalue weighted by molar-refractivity contribution is -0.221.